The van der Waals surface area contributed by atoms with Crippen molar-refractivity contribution >= 4 is 17.3 Å². The second kappa shape index (κ2) is 5.38. The highest BCUT2D eigenvalue weighted by Crippen LogP contribution is 2.28. The van der Waals surface area contributed by atoms with Crippen LogP contribution in [0.5, 0.6) is 0 Å². The number of nitrogen functional groups attached to an aromatic ring is 1. The van der Waals surface area contributed by atoms with Crippen molar-refractivity contribution in [2.45, 2.75) is 34.1 Å². The number of carbonyl (C=O) groups is 1. The van der Waals surface area contributed by atoms with Crippen molar-refractivity contribution in [1.82, 2.24) is 0 Å². The van der Waals surface area contributed by atoms with Crippen molar-refractivity contribution in [2.75, 3.05) is 11.1 Å². The molecule has 0 aliphatic heterocycles. The molecule has 1 amide bonds. The van der Waals surface area contributed by atoms with E-state index in [9.17, 15) is 9.18 Å². The Morgan fingerprint density at radius 3 is 2.56 bits per heavy atom. The monoisotopic (exact) mass is 252 g/mol. The Labute approximate surface area is 108 Å². The zero-order valence-corrected chi connectivity index (χ0v) is 11.4. The van der Waals surface area contributed by atoms with Crippen LogP contribution < -0.4 is 11.1 Å². The van der Waals surface area contributed by atoms with E-state index in [0.29, 0.717) is 12.1 Å². The van der Waals surface area contributed by atoms with Gasteiger partial charge in [0.05, 0.1) is 5.69 Å². The van der Waals surface area contributed by atoms with Gasteiger partial charge in [0.25, 0.3) is 0 Å². The number of rotatable bonds is 3. The summed E-state index contributed by atoms with van der Waals surface area (Å²) in [6, 6.07) is 4.24. The largest absolute Gasteiger partial charge is 0.399 e. The quantitative estimate of drug-likeness (QED) is 0.810. The molecule has 100 valence electrons. The number of halogens is 1. The van der Waals surface area contributed by atoms with Crippen molar-refractivity contribution < 1.29 is 9.18 Å². The maximum absolute atomic E-state index is 13.5. The Balaban J connectivity index is 2.65. The number of nitrogens with two attached hydrogens (primary N) is 1. The normalized spacial score (nSPS) is 13.2. The molecule has 0 spiro atoms. The van der Waals surface area contributed by atoms with E-state index in [4.69, 9.17) is 5.73 Å². The third kappa shape index (κ3) is 4.02. The predicted molar refractivity (Wildman–Crippen MR) is 72.7 cm³/mol. The SMILES string of the molecule is CC(CC(=O)Nc1ccc(N)cc1F)C(C)(C)C. The average molecular weight is 252 g/mol. The van der Waals surface area contributed by atoms with Crippen LogP contribution in [0.2, 0.25) is 0 Å². The van der Waals surface area contributed by atoms with Gasteiger partial charge >= 0.3 is 0 Å². The van der Waals surface area contributed by atoms with E-state index in [1.165, 1.54) is 12.1 Å². The van der Waals surface area contributed by atoms with Gasteiger partial charge in [-0.3, -0.25) is 4.79 Å². The average Bonchev–Trinajstić information content (AvgIpc) is 2.20. The molecule has 0 bridgehead atoms. The lowest BCUT2D eigenvalue weighted by molar-refractivity contribution is -0.117. The molecule has 1 rings (SSSR count). The Morgan fingerprint density at radius 2 is 2.06 bits per heavy atom. The fraction of sp³-hybridized carbons (Fsp3) is 0.500. The van der Waals surface area contributed by atoms with Gasteiger partial charge in [-0.05, 0) is 29.5 Å². The fourth-order valence-corrected chi connectivity index (χ4v) is 1.42. The van der Waals surface area contributed by atoms with Crippen LogP contribution in [-0.4, -0.2) is 5.91 Å². The Hall–Kier alpha value is -1.58. The molecule has 0 saturated carbocycles. The first-order valence-electron chi connectivity index (χ1n) is 6.05. The summed E-state index contributed by atoms with van der Waals surface area (Å²) in [6.45, 7) is 8.25. The van der Waals surface area contributed by atoms with Crippen molar-refractivity contribution in [2.24, 2.45) is 11.3 Å². The molecule has 0 fully saturated rings. The second-order valence-electron chi connectivity index (χ2n) is 5.76. The minimum absolute atomic E-state index is 0.0526. The lowest BCUT2D eigenvalue weighted by atomic mass is 9.80. The van der Waals surface area contributed by atoms with Crippen molar-refractivity contribution in [3.63, 3.8) is 0 Å². The van der Waals surface area contributed by atoms with E-state index in [-0.39, 0.29) is 22.9 Å². The van der Waals surface area contributed by atoms with Gasteiger partial charge in [-0.25, -0.2) is 4.39 Å². The van der Waals surface area contributed by atoms with Crippen LogP contribution in [0.15, 0.2) is 18.2 Å². The van der Waals surface area contributed by atoms with E-state index in [1.807, 2.05) is 6.92 Å². The molecule has 0 aliphatic rings. The van der Waals surface area contributed by atoms with E-state index < -0.39 is 5.82 Å². The maximum atomic E-state index is 13.5. The van der Waals surface area contributed by atoms with Gasteiger partial charge in [-0.2, -0.15) is 0 Å². The Bertz CT molecular complexity index is 438. The Morgan fingerprint density at radius 1 is 1.44 bits per heavy atom. The lowest BCUT2D eigenvalue weighted by Crippen LogP contribution is -2.24. The minimum atomic E-state index is -0.508. The van der Waals surface area contributed by atoms with Crippen molar-refractivity contribution in [1.29, 1.82) is 0 Å². The molecule has 0 aliphatic carbocycles. The van der Waals surface area contributed by atoms with Crippen molar-refractivity contribution in [3.05, 3.63) is 24.0 Å². The summed E-state index contributed by atoms with van der Waals surface area (Å²) in [7, 11) is 0. The van der Waals surface area contributed by atoms with Gasteiger partial charge in [0.1, 0.15) is 5.82 Å². The van der Waals surface area contributed by atoms with Crippen molar-refractivity contribution in [3.8, 4) is 0 Å². The smallest absolute Gasteiger partial charge is 0.224 e. The topological polar surface area (TPSA) is 55.1 Å². The zero-order chi connectivity index (χ0) is 13.9. The molecule has 0 heterocycles. The number of carbonyl (C=O) groups excluding carboxylic acids is 1. The van der Waals surface area contributed by atoms with E-state index >= 15 is 0 Å². The van der Waals surface area contributed by atoms with Gasteiger partial charge in [-0.1, -0.05) is 27.7 Å². The highest BCUT2D eigenvalue weighted by molar-refractivity contribution is 5.91. The molecule has 18 heavy (non-hydrogen) atoms. The van der Waals surface area contributed by atoms with E-state index in [1.54, 1.807) is 6.07 Å². The summed E-state index contributed by atoms with van der Waals surface area (Å²) in [5.41, 5.74) is 6.01. The second-order valence-corrected chi connectivity index (χ2v) is 5.76. The van der Waals surface area contributed by atoms with Crippen LogP contribution in [0, 0.1) is 17.2 Å². The minimum Gasteiger partial charge on any atom is -0.399 e. The molecule has 0 saturated heterocycles. The Kier molecular flexibility index (Phi) is 4.33. The summed E-state index contributed by atoms with van der Waals surface area (Å²) in [4.78, 5) is 11.8. The van der Waals surface area contributed by atoms with Gasteiger partial charge in [0.15, 0.2) is 0 Å². The molecule has 1 aromatic carbocycles. The molecule has 4 heteroatoms. The molecular weight excluding hydrogens is 231 g/mol. The number of anilines is 2. The lowest BCUT2D eigenvalue weighted by Gasteiger charge is -2.26. The first-order chi connectivity index (χ1) is 8.20. The number of hydrogen-bond donors (Lipinski definition) is 2. The summed E-state index contributed by atoms with van der Waals surface area (Å²) >= 11 is 0. The molecule has 1 atom stereocenters. The molecule has 3 N–H and O–H groups in total. The predicted octanol–water partition coefficient (Wildman–Crippen LogP) is 3.42. The summed E-state index contributed by atoms with van der Waals surface area (Å²) in [6.07, 6.45) is 0.368. The van der Waals surface area contributed by atoms with Gasteiger partial charge < -0.3 is 11.1 Å². The number of nitrogens with one attached hydrogen (secondary N) is 1. The van der Waals surface area contributed by atoms with Gasteiger partial charge in [-0.15, -0.1) is 0 Å². The molecular formula is C14H21FN2O. The first-order valence-corrected chi connectivity index (χ1v) is 6.05. The van der Waals surface area contributed by atoms with E-state index in [0.717, 1.165) is 0 Å². The maximum Gasteiger partial charge on any atom is 0.224 e. The van der Waals surface area contributed by atoms with Crippen LogP contribution in [0.25, 0.3) is 0 Å². The van der Waals surface area contributed by atoms with Crippen LogP contribution >= 0.6 is 0 Å². The van der Waals surface area contributed by atoms with Crippen LogP contribution in [0.1, 0.15) is 34.1 Å². The fourth-order valence-electron chi connectivity index (χ4n) is 1.42. The van der Waals surface area contributed by atoms with Gasteiger partial charge in [0, 0.05) is 12.1 Å². The van der Waals surface area contributed by atoms with E-state index in [2.05, 4.69) is 26.1 Å². The number of amides is 1. The summed E-state index contributed by atoms with van der Waals surface area (Å²) < 4.78 is 13.5. The van der Waals surface area contributed by atoms with Crippen LogP contribution in [-0.2, 0) is 4.79 Å². The summed E-state index contributed by atoms with van der Waals surface area (Å²) in [5, 5.41) is 2.57. The third-order valence-corrected chi connectivity index (χ3v) is 3.24. The molecule has 0 aromatic heterocycles. The number of benzene rings is 1. The molecule has 1 unspecified atom stereocenters. The first kappa shape index (κ1) is 14.5. The van der Waals surface area contributed by atoms with Crippen LogP contribution in [0.4, 0.5) is 15.8 Å². The molecule has 0 radical (unpaired) electrons. The standard InChI is InChI=1S/C14H21FN2O/c1-9(14(2,3)4)7-13(18)17-12-6-5-10(16)8-11(12)15/h5-6,8-9H,7,16H2,1-4H3,(H,17,18). The highest BCUT2D eigenvalue weighted by Gasteiger charge is 2.22. The van der Waals surface area contributed by atoms with Crippen LogP contribution in [0.3, 0.4) is 0 Å². The number of hydrogen-bond acceptors (Lipinski definition) is 2. The summed E-state index contributed by atoms with van der Waals surface area (Å²) in [5.74, 6) is -0.470. The zero-order valence-electron chi connectivity index (χ0n) is 11.4. The highest BCUT2D eigenvalue weighted by atomic mass is 19.1. The molecule has 1 aromatic rings. The van der Waals surface area contributed by atoms with Gasteiger partial charge in [0.2, 0.25) is 5.91 Å². The third-order valence-electron chi connectivity index (χ3n) is 3.24. The molecule has 3 nitrogen and oxygen atoms in total.